The van der Waals surface area contributed by atoms with Gasteiger partial charge in [0, 0.05) is 49.8 Å². The molecular formula is C50H36IrN3O4-. The number of fused-ring (bicyclic) bond motifs is 4. The number of hydrogen-bond donors (Lipinski definition) is 0. The molecule has 2 aliphatic heterocycles. The first-order valence-electron chi connectivity index (χ1n) is 18.4. The van der Waals surface area contributed by atoms with E-state index in [9.17, 15) is 4.79 Å². The van der Waals surface area contributed by atoms with Crippen molar-refractivity contribution in [3.63, 3.8) is 0 Å². The SMILES string of the molecule is C=CC1=CCc2cc(-c3ccccn3)ccc2O1.C=CC1=CCc2cc(-c3ccccn3)ccc2O1.O=c1c2ccccc2oc2c[c-]c(-c3ccccn3)cc12.[Ir]. The zero-order valence-electron chi connectivity index (χ0n) is 31.3. The molecule has 8 aromatic rings. The van der Waals surface area contributed by atoms with Gasteiger partial charge in [0.15, 0.2) is 5.43 Å². The summed E-state index contributed by atoms with van der Waals surface area (Å²) in [7, 11) is 0. The van der Waals surface area contributed by atoms with Crippen LogP contribution in [0.5, 0.6) is 11.5 Å². The molecule has 0 atom stereocenters. The van der Waals surface area contributed by atoms with E-state index in [1.807, 2.05) is 103 Å². The molecule has 7 nitrogen and oxygen atoms in total. The molecule has 0 fully saturated rings. The first kappa shape index (κ1) is 39.3. The van der Waals surface area contributed by atoms with E-state index >= 15 is 0 Å². The molecule has 4 aromatic heterocycles. The molecule has 0 saturated carbocycles. The minimum atomic E-state index is -0.0296. The number of benzene rings is 4. The summed E-state index contributed by atoms with van der Waals surface area (Å²) in [6, 6.07) is 43.7. The van der Waals surface area contributed by atoms with Crippen LogP contribution in [-0.4, -0.2) is 15.0 Å². The van der Waals surface area contributed by atoms with E-state index in [0.717, 1.165) is 69.6 Å². The van der Waals surface area contributed by atoms with E-state index in [1.165, 1.54) is 11.1 Å². The van der Waals surface area contributed by atoms with Crippen molar-refractivity contribution in [3.05, 3.63) is 222 Å². The number of nitrogens with zero attached hydrogens (tertiary/aromatic N) is 3. The molecule has 6 heterocycles. The monoisotopic (exact) mass is 935 g/mol. The maximum Gasteiger partial charge on any atom is 0.182 e. The van der Waals surface area contributed by atoms with Crippen LogP contribution >= 0.6 is 0 Å². The van der Waals surface area contributed by atoms with E-state index in [1.54, 1.807) is 55.0 Å². The fraction of sp³-hybridized carbons (Fsp3) is 0.0400. The number of hydrogen-bond acceptors (Lipinski definition) is 7. The van der Waals surface area contributed by atoms with Crippen molar-refractivity contribution in [2.45, 2.75) is 12.8 Å². The van der Waals surface area contributed by atoms with Crippen molar-refractivity contribution in [1.29, 1.82) is 0 Å². The van der Waals surface area contributed by atoms with Gasteiger partial charge in [-0.2, -0.15) is 0 Å². The Labute approximate surface area is 349 Å². The largest absolute Gasteiger partial charge is 0.500 e. The minimum Gasteiger partial charge on any atom is -0.500 e. The first-order valence-corrected chi connectivity index (χ1v) is 18.4. The van der Waals surface area contributed by atoms with Crippen molar-refractivity contribution in [3.8, 4) is 45.3 Å². The van der Waals surface area contributed by atoms with Gasteiger partial charge in [-0.05, 0) is 138 Å². The van der Waals surface area contributed by atoms with Gasteiger partial charge in [0.1, 0.15) is 28.6 Å². The zero-order chi connectivity index (χ0) is 39.0. The normalized spacial score (nSPS) is 12.2. The Bertz CT molecular complexity index is 2740. The van der Waals surface area contributed by atoms with E-state index in [2.05, 4.69) is 46.3 Å². The third-order valence-corrected chi connectivity index (χ3v) is 9.40. The quantitative estimate of drug-likeness (QED) is 0.125. The first-order chi connectivity index (χ1) is 28.1. The minimum absolute atomic E-state index is 0. The summed E-state index contributed by atoms with van der Waals surface area (Å²) in [5.41, 5.74) is 9.25. The van der Waals surface area contributed by atoms with E-state index in [4.69, 9.17) is 13.9 Å². The molecular weight excluding hydrogens is 899 g/mol. The molecule has 0 N–H and O–H groups in total. The van der Waals surface area contributed by atoms with Crippen LogP contribution in [0.15, 0.2) is 204 Å². The van der Waals surface area contributed by atoms with Gasteiger partial charge < -0.3 is 18.9 Å². The Morgan fingerprint density at radius 3 is 1.60 bits per heavy atom. The van der Waals surface area contributed by atoms with Gasteiger partial charge in [-0.15, -0.1) is 23.8 Å². The summed E-state index contributed by atoms with van der Waals surface area (Å²) < 4.78 is 17.2. The Balaban J connectivity index is 0.000000132. The van der Waals surface area contributed by atoms with Gasteiger partial charge in [0.05, 0.1) is 22.4 Å². The molecule has 0 bridgehead atoms. The molecule has 10 rings (SSSR count). The van der Waals surface area contributed by atoms with Crippen molar-refractivity contribution in [1.82, 2.24) is 15.0 Å². The maximum absolute atomic E-state index is 12.6. The average molecular weight is 935 g/mol. The van der Waals surface area contributed by atoms with Gasteiger partial charge in [-0.25, -0.2) is 0 Å². The maximum atomic E-state index is 12.6. The third kappa shape index (κ3) is 8.85. The van der Waals surface area contributed by atoms with Gasteiger partial charge >= 0.3 is 0 Å². The number of aromatic nitrogens is 3. The Morgan fingerprint density at radius 1 is 0.569 bits per heavy atom. The smallest absolute Gasteiger partial charge is 0.182 e. The number of allylic oxidation sites excluding steroid dienone is 4. The van der Waals surface area contributed by atoms with Gasteiger partial charge in [0.25, 0.3) is 0 Å². The van der Waals surface area contributed by atoms with Crippen LogP contribution in [0.3, 0.4) is 0 Å². The molecule has 8 heteroatoms. The van der Waals surface area contributed by atoms with Gasteiger partial charge in [0.2, 0.25) is 0 Å². The average Bonchev–Trinajstić information content (AvgIpc) is 3.29. The number of rotatable bonds is 5. The van der Waals surface area contributed by atoms with Crippen molar-refractivity contribution < 1.29 is 34.0 Å². The molecule has 0 unspecified atom stereocenters. The van der Waals surface area contributed by atoms with Crippen LogP contribution in [0.25, 0.3) is 55.7 Å². The second-order valence-corrected chi connectivity index (χ2v) is 13.1. The molecule has 0 saturated heterocycles. The van der Waals surface area contributed by atoms with Crippen molar-refractivity contribution >= 4 is 21.9 Å². The summed E-state index contributed by atoms with van der Waals surface area (Å²) in [5.74, 6) is 3.47. The predicted octanol–water partition coefficient (Wildman–Crippen LogP) is 11.3. The number of ether oxygens (including phenoxy) is 2. The summed E-state index contributed by atoms with van der Waals surface area (Å²) in [6.45, 7) is 7.44. The summed E-state index contributed by atoms with van der Waals surface area (Å²) in [6.07, 6.45) is 14.6. The number of pyridine rings is 3. The Morgan fingerprint density at radius 2 is 1.09 bits per heavy atom. The second-order valence-electron chi connectivity index (χ2n) is 13.1. The van der Waals surface area contributed by atoms with Crippen LogP contribution in [0.1, 0.15) is 11.1 Å². The molecule has 0 aliphatic carbocycles. The summed E-state index contributed by atoms with van der Waals surface area (Å²) >= 11 is 0. The van der Waals surface area contributed by atoms with Gasteiger partial charge in [-0.1, -0.05) is 49.6 Å². The molecule has 0 spiro atoms. The summed E-state index contributed by atoms with van der Waals surface area (Å²) in [5, 5.41) is 1.14. The second kappa shape index (κ2) is 18.3. The van der Waals surface area contributed by atoms with E-state index in [0.29, 0.717) is 21.9 Å². The Hall–Kier alpha value is -6.99. The van der Waals surface area contributed by atoms with E-state index < -0.39 is 0 Å². The van der Waals surface area contributed by atoms with E-state index in [-0.39, 0.29) is 25.5 Å². The van der Waals surface area contributed by atoms with Crippen LogP contribution in [0, 0.1) is 6.07 Å². The van der Waals surface area contributed by atoms with Crippen molar-refractivity contribution in [2.24, 2.45) is 0 Å². The molecule has 2 aliphatic rings. The standard InChI is InChI=1S/C18H10NO2.2C16H13NO.Ir/c20-18-13-5-1-2-7-16(13)21-17-9-8-12(11-14(17)18)15-6-3-4-10-19-15;2*1-2-14-8-6-13-11-12(7-9-16(13)18-14)15-5-3-4-10-17-15;/h1-7,9-11H;2*2-5,7-11H,1,6H2;/q-1;;;. The Kier molecular flexibility index (Phi) is 12.4. The zero-order valence-corrected chi connectivity index (χ0v) is 33.7. The molecule has 58 heavy (non-hydrogen) atoms. The molecule has 285 valence electrons. The van der Waals surface area contributed by atoms with Crippen molar-refractivity contribution in [2.75, 3.05) is 0 Å². The van der Waals surface area contributed by atoms with Gasteiger partial charge in [-0.3, -0.25) is 14.8 Å². The van der Waals surface area contributed by atoms with Crippen LogP contribution < -0.4 is 14.9 Å². The molecule has 4 aromatic carbocycles. The third-order valence-electron chi connectivity index (χ3n) is 9.40. The molecule has 0 amide bonds. The molecule has 1 radical (unpaired) electrons. The fourth-order valence-electron chi connectivity index (χ4n) is 6.49. The summed E-state index contributed by atoms with van der Waals surface area (Å²) in [4.78, 5) is 25.6. The van der Waals surface area contributed by atoms with Crippen LogP contribution in [0.2, 0.25) is 0 Å². The predicted molar refractivity (Wildman–Crippen MR) is 227 cm³/mol. The fourth-order valence-corrected chi connectivity index (χ4v) is 6.49. The van der Waals surface area contributed by atoms with Crippen LogP contribution in [0.4, 0.5) is 0 Å². The van der Waals surface area contributed by atoms with Crippen LogP contribution in [-0.2, 0) is 32.9 Å². The topological polar surface area (TPSA) is 87.3 Å². The number of para-hydroxylation sites is 1.